The second kappa shape index (κ2) is 6.01. The predicted molar refractivity (Wildman–Crippen MR) is 77.9 cm³/mol. The highest BCUT2D eigenvalue weighted by Gasteiger charge is 2.09. The fraction of sp³-hybridized carbons (Fsp3) is 0.118. The Bertz CT molecular complexity index is 598. The Labute approximate surface area is 113 Å². The second-order valence-corrected chi connectivity index (χ2v) is 4.33. The average molecular weight is 252 g/mol. The summed E-state index contributed by atoms with van der Waals surface area (Å²) in [4.78, 5) is 11.7. The van der Waals surface area contributed by atoms with Crippen LogP contribution in [-0.2, 0) is 4.74 Å². The van der Waals surface area contributed by atoms with Crippen molar-refractivity contribution < 1.29 is 9.53 Å². The molecule has 2 aromatic carbocycles. The molecule has 2 rings (SSSR count). The monoisotopic (exact) mass is 252 g/mol. The minimum absolute atomic E-state index is 0.309. The topological polar surface area (TPSA) is 26.3 Å². The van der Waals surface area contributed by atoms with Gasteiger partial charge in [-0.1, -0.05) is 60.2 Å². The summed E-state index contributed by atoms with van der Waals surface area (Å²) in [5.41, 5.74) is 3.59. The number of benzene rings is 2. The van der Waals surface area contributed by atoms with E-state index in [4.69, 9.17) is 4.74 Å². The molecule has 0 radical (unpaired) electrons. The number of ether oxygens (including phenoxy) is 1. The van der Waals surface area contributed by atoms with Crippen LogP contribution in [0.1, 0.15) is 27.0 Å². The molecule has 0 aliphatic carbocycles. The van der Waals surface area contributed by atoms with Crippen molar-refractivity contribution in [1.82, 2.24) is 0 Å². The van der Waals surface area contributed by atoms with E-state index in [1.54, 1.807) is 0 Å². The van der Waals surface area contributed by atoms with Gasteiger partial charge in [0, 0.05) is 0 Å². The Hall–Kier alpha value is -2.35. The van der Waals surface area contributed by atoms with Crippen LogP contribution in [0.2, 0.25) is 0 Å². The summed E-state index contributed by atoms with van der Waals surface area (Å²) in [5.74, 6) is -0.309. The molecule has 0 N–H and O–H groups in total. The van der Waals surface area contributed by atoms with E-state index in [-0.39, 0.29) is 5.97 Å². The maximum absolute atomic E-state index is 11.7. The molecule has 0 aliphatic heterocycles. The number of aryl methyl sites for hydroxylation is 1. The Morgan fingerprint density at radius 2 is 1.79 bits per heavy atom. The first-order chi connectivity index (χ1) is 9.20. The lowest BCUT2D eigenvalue weighted by Crippen LogP contribution is -2.03. The third-order valence-corrected chi connectivity index (χ3v) is 2.87. The van der Waals surface area contributed by atoms with Crippen molar-refractivity contribution in [3.05, 3.63) is 70.8 Å². The Balaban J connectivity index is 2.35. The van der Waals surface area contributed by atoms with Crippen LogP contribution < -0.4 is 0 Å². The van der Waals surface area contributed by atoms with E-state index in [9.17, 15) is 4.79 Å². The number of methoxy groups -OCH3 is 1. The first kappa shape index (κ1) is 13.1. The molecule has 0 heterocycles. The van der Waals surface area contributed by atoms with E-state index in [0.29, 0.717) is 5.56 Å². The highest BCUT2D eigenvalue weighted by molar-refractivity contribution is 5.95. The second-order valence-electron chi connectivity index (χ2n) is 4.33. The van der Waals surface area contributed by atoms with E-state index in [2.05, 4.69) is 0 Å². The Kier molecular flexibility index (Phi) is 4.14. The van der Waals surface area contributed by atoms with E-state index < -0.39 is 0 Å². The maximum Gasteiger partial charge on any atom is 0.338 e. The van der Waals surface area contributed by atoms with Gasteiger partial charge in [-0.3, -0.25) is 0 Å². The van der Waals surface area contributed by atoms with Gasteiger partial charge in [0.15, 0.2) is 0 Å². The molecule has 0 saturated carbocycles. The summed E-state index contributed by atoms with van der Waals surface area (Å²) in [6.45, 7) is 1.96. The molecule has 0 fully saturated rings. The summed E-state index contributed by atoms with van der Waals surface area (Å²) in [5, 5.41) is 0. The fourth-order valence-corrected chi connectivity index (χ4v) is 1.85. The number of rotatable bonds is 3. The maximum atomic E-state index is 11.7. The Morgan fingerprint density at radius 1 is 1.05 bits per heavy atom. The van der Waals surface area contributed by atoms with Gasteiger partial charge in [-0.05, 0) is 24.1 Å². The largest absolute Gasteiger partial charge is 0.465 e. The molecular weight excluding hydrogens is 236 g/mol. The predicted octanol–water partition coefficient (Wildman–Crippen LogP) is 3.95. The molecule has 19 heavy (non-hydrogen) atoms. The van der Waals surface area contributed by atoms with Crippen molar-refractivity contribution in [2.45, 2.75) is 6.92 Å². The molecule has 0 amide bonds. The SMILES string of the molecule is COC(=O)c1cc(C)ccc1/C=C/c1ccccc1. The normalized spacial score (nSPS) is 10.6. The lowest BCUT2D eigenvalue weighted by Gasteiger charge is -2.05. The number of hydrogen-bond acceptors (Lipinski definition) is 2. The van der Waals surface area contributed by atoms with Crippen molar-refractivity contribution in [1.29, 1.82) is 0 Å². The molecule has 0 aromatic heterocycles. The molecule has 2 nitrogen and oxygen atoms in total. The van der Waals surface area contributed by atoms with Crippen molar-refractivity contribution in [3.63, 3.8) is 0 Å². The van der Waals surface area contributed by atoms with Crippen LogP contribution >= 0.6 is 0 Å². The zero-order valence-corrected chi connectivity index (χ0v) is 11.1. The van der Waals surface area contributed by atoms with Gasteiger partial charge in [0.05, 0.1) is 12.7 Å². The molecule has 0 spiro atoms. The summed E-state index contributed by atoms with van der Waals surface area (Å²) < 4.78 is 4.81. The van der Waals surface area contributed by atoms with Gasteiger partial charge >= 0.3 is 5.97 Å². The van der Waals surface area contributed by atoms with Gasteiger partial charge in [-0.2, -0.15) is 0 Å². The van der Waals surface area contributed by atoms with Crippen LogP contribution in [0.15, 0.2) is 48.5 Å². The van der Waals surface area contributed by atoms with Crippen LogP contribution in [0.3, 0.4) is 0 Å². The molecule has 2 aromatic rings. The van der Waals surface area contributed by atoms with Crippen LogP contribution in [0.25, 0.3) is 12.2 Å². The van der Waals surface area contributed by atoms with E-state index >= 15 is 0 Å². The first-order valence-electron chi connectivity index (χ1n) is 6.13. The van der Waals surface area contributed by atoms with Gasteiger partial charge in [0.1, 0.15) is 0 Å². The van der Waals surface area contributed by atoms with Gasteiger partial charge in [-0.15, -0.1) is 0 Å². The number of hydrogen-bond donors (Lipinski definition) is 0. The van der Waals surface area contributed by atoms with Gasteiger partial charge in [-0.25, -0.2) is 4.79 Å². The Morgan fingerprint density at radius 3 is 2.47 bits per heavy atom. The summed E-state index contributed by atoms with van der Waals surface area (Å²) >= 11 is 0. The van der Waals surface area contributed by atoms with Crippen LogP contribution in [0.5, 0.6) is 0 Å². The highest BCUT2D eigenvalue weighted by atomic mass is 16.5. The number of carbonyl (C=O) groups is 1. The quantitative estimate of drug-likeness (QED) is 0.610. The third kappa shape index (κ3) is 3.32. The summed E-state index contributed by atoms with van der Waals surface area (Å²) in [7, 11) is 1.40. The third-order valence-electron chi connectivity index (χ3n) is 2.87. The van der Waals surface area contributed by atoms with Crippen LogP contribution in [0, 0.1) is 6.92 Å². The molecular formula is C17H16O2. The molecule has 96 valence electrons. The summed E-state index contributed by atoms with van der Waals surface area (Å²) in [6.07, 6.45) is 3.91. The van der Waals surface area contributed by atoms with E-state index in [1.807, 2.05) is 67.6 Å². The number of carbonyl (C=O) groups excluding carboxylic acids is 1. The molecule has 2 heteroatoms. The van der Waals surface area contributed by atoms with Crippen molar-refractivity contribution in [2.75, 3.05) is 7.11 Å². The van der Waals surface area contributed by atoms with E-state index in [0.717, 1.165) is 16.7 Å². The molecule has 0 saturated heterocycles. The standard InChI is InChI=1S/C17H16O2/c1-13-8-10-15(16(12-13)17(18)19-2)11-9-14-6-4-3-5-7-14/h3-12H,1-2H3/b11-9+. The molecule has 0 bridgehead atoms. The minimum Gasteiger partial charge on any atom is -0.465 e. The highest BCUT2D eigenvalue weighted by Crippen LogP contribution is 2.16. The average Bonchev–Trinajstić information content (AvgIpc) is 2.46. The van der Waals surface area contributed by atoms with Crippen LogP contribution in [-0.4, -0.2) is 13.1 Å². The fourth-order valence-electron chi connectivity index (χ4n) is 1.85. The smallest absolute Gasteiger partial charge is 0.338 e. The molecule has 0 atom stereocenters. The minimum atomic E-state index is -0.309. The van der Waals surface area contributed by atoms with Crippen molar-refractivity contribution >= 4 is 18.1 Å². The first-order valence-corrected chi connectivity index (χ1v) is 6.13. The lowest BCUT2D eigenvalue weighted by molar-refractivity contribution is 0.0600. The molecule has 0 aliphatic rings. The van der Waals surface area contributed by atoms with Crippen LogP contribution in [0.4, 0.5) is 0 Å². The zero-order chi connectivity index (χ0) is 13.7. The lowest BCUT2D eigenvalue weighted by atomic mass is 10.0. The molecule has 0 unspecified atom stereocenters. The van der Waals surface area contributed by atoms with E-state index in [1.165, 1.54) is 7.11 Å². The zero-order valence-electron chi connectivity index (χ0n) is 11.1. The van der Waals surface area contributed by atoms with Gasteiger partial charge < -0.3 is 4.74 Å². The van der Waals surface area contributed by atoms with Crippen molar-refractivity contribution in [2.24, 2.45) is 0 Å². The van der Waals surface area contributed by atoms with Crippen molar-refractivity contribution in [3.8, 4) is 0 Å². The van der Waals surface area contributed by atoms with Gasteiger partial charge in [0.25, 0.3) is 0 Å². The van der Waals surface area contributed by atoms with Gasteiger partial charge in [0.2, 0.25) is 0 Å². The number of esters is 1. The summed E-state index contributed by atoms with van der Waals surface area (Å²) in [6, 6.07) is 15.7.